The summed E-state index contributed by atoms with van der Waals surface area (Å²) in [5.41, 5.74) is 0. The van der Waals surface area contributed by atoms with E-state index in [0.29, 0.717) is 5.92 Å². The van der Waals surface area contributed by atoms with Gasteiger partial charge in [0, 0.05) is 6.04 Å². The summed E-state index contributed by atoms with van der Waals surface area (Å²) in [6.45, 7) is 5.20. The molecule has 1 N–H and O–H groups in total. The zero-order chi connectivity index (χ0) is 6.85. The molecule has 1 nitrogen and oxygen atoms in total. The van der Waals surface area contributed by atoms with Crippen LogP contribution in [0.3, 0.4) is 0 Å². The number of hydrogen-bond donors (Lipinski definition) is 1. The molecule has 1 saturated carbocycles. The van der Waals surface area contributed by atoms with E-state index >= 15 is 0 Å². The van der Waals surface area contributed by atoms with Gasteiger partial charge in [0.1, 0.15) is 6.17 Å². The van der Waals surface area contributed by atoms with E-state index in [1.165, 1.54) is 0 Å². The summed E-state index contributed by atoms with van der Waals surface area (Å²) >= 11 is 0. The fraction of sp³-hybridized carbons (Fsp3) is 1.00. The van der Waals surface area contributed by atoms with Crippen molar-refractivity contribution in [3.05, 3.63) is 0 Å². The maximum Gasteiger partial charge on any atom is 0.117 e. The molecular weight excluding hydrogens is 117 g/mol. The van der Waals surface area contributed by atoms with Crippen molar-refractivity contribution in [1.82, 2.24) is 5.32 Å². The Morgan fingerprint density at radius 1 is 1.67 bits per heavy atom. The van der Waals surface area contributed by atoms with Crippen LogP contribution in [0.1, 0.15) is 20.3 Å². The molecule has 0 amide bonds. The lowest BCUT2D eigenvalue weighted by Crippen LogP contribution is -2.23. The molecule has 2 atom stereocenters. The van der Waals surface area contributed by atoms with Gasteiger partial charge >= 0.3 is 0 Å². The Hall–Kier alpha value is -0.110. The standard InChI is InChI=1S/C7H14FN/c1-5(2)4-9-7-3-6(7)8/h5-7,9H,3-4H2,1-2H3/t6-,7+/m0/s1. The molecule has 0 bridgehead atoms. The van der Waals surface area contributed by atoms with E-state index in [2.05, 4.69) is 19.2 Å². The smallest absolute Gasteiger partial charge is 0.117 e. The summed E-state index contributed by atoms with van der Waals surface area (Å²) in [4.78, 5) is 0. The number of nitrogens with one attached hydrogen (secondary N) is 1. The molecule has 1 fully saturated rings. The molecule has 9 heavy (non-hydrogen) atoms. The maximum atomic E-state index is 12.2. The minimum absolute atomic E-state index is 0.187. The average molecular weight is 131 g/mol. The summed E-state index contributed by atoms with van der Waals surface area (Å²) in [7, 11) is 0. The zero-order valence-electron chi connectivity index (χ0n) is 6.02. The van der Waals surface area contributed by atoms with Crippen LogP contribution in [-0.4, -0.2) is 18.8 Å². The van der Waals surface area contributed by atoms with Gasteiger partial charge in [-0.15, -0.1) is 0 Å². The second kappa shape index (κ2) is 2.65. The lowest BCUT2D eigenvalue weighted by Gasteiger charge is -2.03. The summed E-state index contributed by atoms with van der Waals surface area (Å²) in [5, 5.41) is 3.13. The molecule has 2 heteroatoms. The summed E-state index contributed by atoms with van der Waals surface area (Å²) < 4.78 is 12.2. The topological polar surface area (TPSA) is 12.0 Å². The first kappa shape index (κ1) is 7.00. The predicted molar refractivity (Wildman–Crippen MR) is 36.1 cm³/mol. The van der Waals surface area contributed by atoms with Crippen LogP contribution in [0.15, 0.2) is 0 Å². The van der Waals surface area contributed by atoms with E-state index < -0.39 is 6.17 Å². The molecule has 0 heterocycles. The Labute approximate surface area is 55.6 Å². The molecule has 1 rings (SSSR count). The quantitative estimate of drug-likeness (QED) is 0.609. The first-order chi connectivity index (χ1) is 4.20. The number of halogens is 1. The van der Waals surface area contributed by atoms with Crippen molar-refractivity contribution in [1.29, 1.82) is 0 Å². The first-order valence-electron chi connectivity index (χ1n) is 3.57. The third-order valence-corrected chi connectivity index (χ3v) is 1.50. The Balaban J connectivity index is 1.94. The molecule has 0 aliphatic heterocycles. The van der Waals surface area contributed by atoms with E-state index in [9.17, 15) is 4.39 Å². The normalized spacial score (nSPS) is 33.3. The van der Waals surface area contributed by atoms with E-state index in [0.717, 1.165) is 13.0 Å². The number of alkyl halides is 1. The highest BCUT2D eigenvalue weighted by Gasteiger charge is 2.36. The molecule has 0 unspecified atom stereocenters. The third kappa shape index (κ3) is 2.31. The van der Waals surface area contributed by atoms with Crippen molar-refractivity contribution in [3.8, 4) is 0 Å². The van der Waals surface area contributed by atoms with Gasteiger partial charge in [-0.2, -0.15) is 0 Å². The molecule has 54 valence electrons. The zero-order valence-corrected chi connectivity index (χ0v) is 6.02. The van der Waals surface area contributed by atoms with Crippen LogP contribution in [0.25, 0.3) is 0 Å². The van der Waals surface area contributed by atoms with Gasteiger partial charge in [0.25, 0.3) is 0 Å². The highest BCUT2D eigenvalue weighted by molar-refractivity contribution is 4.93. The Bertz CT molecular complexity index is 92.9. The Kier molecular flexibility index (Phi) is 2.06. The number of rotatable bonds is 3. The highest BCUT2D eigenvalue weighted by Crippen LogP contribution is 2.24. The maximum absolute atomic E-state index is 12.2. The van der Waals surface area contributed by atoms with E-state index in [1.807, 2.05) is 0 Å². The van der Waals surface area contributed by atoms with Crippen LogP contribution in [0.4, 0.5) is 4.39 Å². The van der Waals surface area contributed by atoms with Crippen LogP contribution in [-0.2, 0) is 0 Å². The van der Waals surface area contributed by atoms with Gasteiger partial charge in [-0.05, 0) is 18.9 Å². The van der Waals surface area contributed by atoms with Gasteiger partial charge in [0.2, 0.25) is 0 Å². The molecule has 0 saturated heterocycles. The highest BCUT2D eigenvalue weighted by atomic mass is 19.1. The van der Waals surface area contributed by atoms with Crippen LogP contribution in [0.5, 0.6) is 0 Å². The molecule has 0 aromatic carbocycles. The molecule has 0 aromatic rings. The lowest BCUT2D eigenvalue weighted by molar-refractivity contribution is 0.435. The molecular formula is C7H14FN. The average Bonchev–Trinajstić information content (AvgIpc) is 2.42. The largest absolute Gasteiger partial charge is 0.311 e. The van der Waals surface area contributed by atoms with E-state index in [1.54, 1.807) is 0 Å². The van der Waals surface area contributed by atoms with Crippen LogP contribution in [0.2, 0.25) is 0 Å². The van der Waals surface area contributed by atoms with Crippen molar-refractivity contribution >= 4 is 0 Å². The predicted octanol–water partition coefficient (Wildman–Crippen LogP) is 1.34. The molecule has 0 spiro atoms. The van der Waals surface area contributed by atoms with Crippen LogP contribution < -0.4 is 5.32 Å². The van der Waals surface area contributed by atoms with Crippen LogP contribution in [0, 0.1) is 5.92 Å². The van der Waals surface area contributed by atoms with Crippen molar-refractivity contribution in [2.75, 3.05) is 6.54 Å². The first-order valence-corrected chi connectivity index (χ1v) is 3.57. The van der Waals surface area contributed by atoms with Gasteiger partial charge in [0.05, 0.1) is 0 Å². The van der Waals surface area contributed by atoms with Crippen molar-refractivity contribution in [2.24, 2.45) is 5.92 Å². The second-order valence-corrected chi connectivity index (χ2v) is 3.16. The second-order valence-electron chi connectivity index (χ2n) is 3.16. The molecule has 1 aliphatic carbocycles. The SMILES string of the molecule is CC(C)CN[C@@H]1C[C@@H]1F. The monoisotopic (exact) mass is 131 g/mol. The Morgan fingerprint density at radius 2 is 2.22 bits per heavy atom. The van der Waals surface area contributed by atoms with Crippen LogP contribution >= 0.6 is 0 Å². The minimum Gasteiger partial charge on any atom is -0.311 e. The van der Waals surface area contributed by atoms with Crippen molar-refractivity contribution in [3.63, 3.8) is 0 Å². The fourth-order valence-corrected chi connectivity index (χ4v) is 0.762. The van der Waals surface area contributed by atoms with Gasteiger partial charge in [-0.1, -0.05) is 13.8 Å². The summed E-state index contributed by atoms with van der Waals surface area (Å²) in [6.07, 6.45) is 0.177. The van der Waals surface area contributed by atoms with E-state index in [-0.39, 0.29) is 6.04 Å². The number of hydrogen-bond acceptors (Lipinski definition) is 1. The molecule has 0 aromatic heterocycles. The van der Waals surface area contributed by atoms with Gasteiger partial charge in [0.15, 0.2) is 0 Å². The van der Waals surface area contributed by atoms with Gasteiger partial charge in [-0.3, -0.25) is 0 Å². The summed E-state index contributed by atoms with van der Waals surface area (Å²) in [6, 6.07) is 0.187. The van der Waals surface area contributed by atoms with Gasteiger partial charge < -0.3 is 5.32 Å². The Morgan fingerprint density at radius 3 is 2.56 bits per heavy atom. The minimum atomic E-state index is -0.552. The third-order valence-electron chi connectivity index (χ3n) is 1.50. The van der Waals surface area contributed by atoms with Crippen molar-refractivity contribution < 1.29 is 4.39 Å². The summed E-state index contributed by atoms with van der Waals surface area (Å²) in [5.74, 6) is 0.637. The van der Waals surface area contributed by atoms with Crippen molar-refractivity contribution in [2.45, 2.75) is 32.5 Å². The fourth-order valence-electron chi connectivity index (χ4n) is 0.762. The lowest BCUT2D eigenvalue weighted by atomic mass is 10.2. The molecule has 0 radical (unpaired) electrons. The van der Waals surface area contributed by atoms with E-state index in [4.69, 9.17) is 0 Å². The van der Waals surface area contributed by atoms with Gasteiger partial charge in [-0.25, -0.2) is 4.39 Å². The molecule has 1 aliphatic rings.